The van der Waals surface area contributed by atoms with E-state index in [1.807, 2.05) is 0 Å². The molecule has 0 bridgehead atoms. The normalized spacial score (nSPS) is 10.7. The van der Waals surface area contributed by atoms with Crippen molar-refractivity contribution in [2.75, 3.05) is 0 Å². The number of halogens is 5. The third-order valence-electron chi connectivity index (χ3n) is 1.38. The fraction of sp³-hybridized carbons (Fsp3) is 0.143. The second kappa shape index (κ2) is 4.67. The Bertz CT molecular complexity index is 386. The minimum Gasteiger partial charge on any atom is -0.274 e. The van der Waals surface area contributed by atoms with Crippen LogP contribution in [0.2, 0.25) is 5.15 Å². The van der Waals surface area contributed by atoms with Gasteiger partial charge in [0.05, 0.1) is 3.57 Å². The summed E-state index contributed by atoms with van der Waals surface area (Å²) in [5.74, 6) is 0. The largest absolute Gasteiger partial charge is 0.274 e. The average Bonchev–Trinajstić information content (AvgIpc) is 2.08. The molecule has 0 saturated carbocycles. The Morgan fingerprint density at radius 1 is 1.57 bits per heavy atom. The number of aromatic nitrogens is 1. The van der Waals surface area contributed by atoms with Crippen molar-refractivity contribution in [1.82, 2.24) is 4.98 Å². The molecule has 0 atom stereocenters. The van der Waals surface area contributed by atoms with Gasteiger partial charge in [-0.15, -0.1) is 0 Å². The molecule has 0 spiro atoms. The number of alkyl halides is 2. The first-order chi connectivity index (χ1) is 6.43. The first-order valence-electron chi connectivity index (χ1n) is 3.27. The van der Waals surface area contributed by atoms with Crippen molar-refractivity contribution in [3.63, 3.8) is 0 Å². The minimum absolute atomic E-state index is 0.126. The van der Waals surface area contributed by atoms with Crippen molar-refractivity contribution in [1.29, 1.82) is 0 Å². The van der Waals surface area contributed by atoms with Gasteiger partial charge >= 0.3 is 0 Å². The van der Waals surface area contributed by atoms with E-state index in [0.717, 1.165) is 6.07 Å². The second-order valence-corrected chi connectivity index (χ2v) is 4.06. The molecule has 0 amide bonds. The summed E-state index contributed by atoms with van der Waals surface area (Å²) in [6.07, 6.45) is -2.71. The van der Waals surface area contributed by atoms with Gasteiger partial charge in [0.15, 0.2) is 0 Å². The maximum Gasteiger partial charge on any atom is 0.270 e. The van der Waals surface area contributed by atoms with E-state index < -0.39 is 11.7 Å². The first kappa shape index (κ1) is 12.1. The molecule has 0 radical (unpaired) electrons. The molecule has 1 aromatic rings. The van der Waals surface area contributed by atoms with Crippen LogP contribution in [0.5, 0.6) is 0 Å². The number of pyridine rings is 1. The van der Waals surface area contributed by atoms with Crippen molar-refractivity contribution >= 4 is 51.0 Å². The zero-order valence-electron chi connectivity index (χ0n) is 6.40. The van der Waals surface area contributed by atoms with Gasteiger partial charge in [-0.25, -0.2) is 13.8 Å². The Morgan fingerprint density at radius 2 is 2.14 bits per heavy atom. The van der Waals surface area contributed by atoms with Gasteiger partial charge in [0, 0.05) is 5.56 Å². The second-order valence-electron chi connectivity index (χ2n) is 2.28. The van der Waals surface area contributed by atoms with E-state index in [2.05, 4.69) is 4.98 Å². The molecule has 0 fully saturated rings. The highest BCUT2D eigenvalue weighted by Crippen LogP contribution is 2.29. The van der Waals surface area contributed by atoms with Crippen molar-refractivity contribution in [3.05, 3.63) is 26.0 Å². The first-order valence-corrected chi connectivity index (χ1v) is 5.11. The summed E-state index contributed by atoms with van der Waals surface area (Å²) in [6, 6.07) is 0.938. The number of hydrogen-bond donors (Lipinski definition) is 0. The number of hydrogen-bond acceptors (Lipinski definition) is 2. The summed E-state index contributed by atoms with van der Waals surface area (Å²) in [5.41, 5.74) is -0.609. The number of carbonyl (C=O) groups is 1. The predicted molar refractivity (Wildman–Crippen MR) is 57.1 cm³/mol. The number of rotatable bonds is 2. The molecule has 1 heterocycles. The summed E-state index contributed by atoms with van der Waals surface area (Å²) in [6.45, 7) is 0. The molecule has 2 nitrogen and oxygen atoms in total. The van der Waals surface area contributed by atoms with Gasteiger partial charge in [-0.05, 0) is 40.3 Å². The van der Waals surface area contributed by atoms with Crippen LogP contribution in [0, 0.1) is 3.57 Å². The maximum absolute atomic E-state index is 12.4. The van der Waals surface area contributed by atoms with Crippen LogP contribution in [0.1, 0.15) is 22.5 Å². The molecule has 1 rings (SSSR count). The minimum atomic E-state index is -2.71. The summed E-state index contributed by atoms with van der Waals surface area (Å²) in [5, 5.41) is -1.06. The number of carbonyl (C=O) groups excluding carboxylic acids is 1. The quantitative estimate of drug-likeness (QED) is 0.462. The van der Waals surface area contributed by atoms with Crippen LogP contribution in [0.15, 0.2) is 6.07 Å². The molecular weight excluding hydrogens is 350 g/mol. The summed E-state index contributed by atoms with van der Waals surface area (Å²) in [7, 11) is 0. The van der Waals surface area contributed by atoms with Crippen LogP contribution in [0.3, 0.4) is 0 Å². The van der Waals surface area contributed by atoms with E-state index >= 15 is 0 Å². The van der Waals surface area contributed by atoms with E-state index in [0.29, 0.717) is 0 Å². The highest BCUT2D eigenvalue weighted by atomic mass is 127. The fourth-order valence-electron chi connectivity index (χ4n) is 0.776. The topological polar surface area (TPSA) is 30.0 Å². The van der Waals surface area contributed by atoms with E-state index in [-0.39, 0.29) is 20.0 Å². The van der Waals surface area contributed by atoms with Crippen LogP contribution < -0.4 is 0 Å². The van der Waals surface area contributed by atoms with Crippen molar-refractivity contribution in [3.8, 4) is 0 Å². The molecule has 0 aliphatic carbocycles. The van der Waals surface area contributed by atoms with Gasteiger partial charge in [-0.2, -0.15) is 0 Å². The summed E-state index contributed by atoms with van der Waals surface area (Å²) >= 11 is 12.3. The molecular formula is C7H2Cl2F2INO. The highest BCUT2D eigenvalue weighted by Gasteiger charge is 2.18. The SMILES string of the molecule is O=C(Cl)c1cc(C(F)F)c(I)c(Cl)n1. The fourth-order valence-corrected chi connectivity index (χ4v) is 1.59. The Labute approximate surface area is 102 Å². The van der Waals surface area contributed by atoms with Crippen LogP contribution in [0.4, 0.5) is 8.78 Å². The van der Waals surface area contributed by atoms with Crippen LogP contribution >= 0.6 is 45.8 Å². The molecule has 0 saturated heterocycles. The Morgan fingerprint density at radius 3 is 2.57 bits per heavy atom. The van der Waals surface area contributed by atoms with Gasteiger partial charge < -0.3 is 0 Å². The molecule has 0 aromatic carbocycles. The van der Waals surface area contributed by atoms with E-state index in [1.54, 1.807) is 22.6 Å². The van der Waals surface area contributed by atoms with Crippen LogP contribution in [0.25, 0.3) is 0 Å². The van der Waals surface area contributed by atoms with Gasteiger partial charge in [0.2, 0.25) is 0 Å². The zero-order valence-corrected chi connectivity index (χ0v) is 10.1. The zero-order chi connectivity index (χ0) is 10.9. The standard InChI is InChI=1S/C7H2Cl2F2INO/c8-5-4(12)2(7(10)11)1-3(13-5)6(9)14/h1,7H. The van der Waals surface area contributed by atoms with Gasteiger partial charge in [0.1, 0.15) is 10.8 Å². The van der Waals surface area contributed by atoms with E-state index in [1.165, 1.54) is 0 Å². The molecule has 76 valence electrons. The Hall–Kier alpha value is -0.0100. The van der Waals surface area contributed by atoms with Gasteiger partial charge in [0.25, 0.3) is 11.7 Å². The molecule has 0 N–H and O–H groups in total. The van der Waals surface area contributed by atoms with E-state index in [4.69, 9.17) is 23.2 Å². The van der Waals surface area contributed by atoms with Crippen LogP contribution in [-0.4, -0.2) is 10.2 Å². The Kier molecular flexibility index (Phi) is 4.03. The lowest BCUT2D eigenvalue weighted by Crippen LogP contribution is -2.01. The smallest absolute Gasteiger partial charge is 0.270 e. The highest BCUT2D eigenvalue weighted by molar-refractivity contribution is 14.1. The molecule has 0 aliphatic heterocycles. The molecule has 1 aromatic heterocycles. The maximum atomic E-state index is 12.4. The van der Waals surface area contributed by atoms with Crippen molar-refractivity contribution in [2.45, 2.75) is 6.43 Å². The van der Waals surface area contributed by atoms with Gasteiger partial charge in [-0.3, -0.25) is 4.79 Å². The monoisotopic (exact) mass is 351 g/mol. The molecule has 7 heteroatoms. The number of nitrogens with zero attached hydrogens (tertiary/aromatic N) is 1. The van der Waals surface area contributed by atoms with Crippen LogP contribution in [-0.2, 0) is 0 Å². The van der Waals surface area contributed by atoms with E-state index in [9.17, 15) is 13.6 Å². The lowest BCUT2D eigenvalue weighted by atomic mass is 10.2. The third-order valence-corrected chi connectivity index (χ3v) is 3.30. The predicted octanol–water partition coefficient (Wildman–Crippen LogP) is 3.66. The Balaban J connectivity index is 3.35. The molecule has 0 unspecified atom stereocenters. The van der Waals surface area contributed by atoms with Crippen molar-refractivity contribution < 1.29 is 13.6 Å². The lowest BCUT2D eigenvalue weighted by Gasteiger charge is -2.05. The molecule has 14 heavy (non-hydrogen) atoms. The molecule has 0 aliphatic rings. The third kappa shape index (κ3) is 2.52. The van der Waals surface area contributed by atoms with Gasteiger partial charge in [-0.1, -0.05) is 11.6 Å². The van der Waals surface area contributed by atoms with Crippen molar-refractivity contribution in [2.24, 2.45) is 0 Å². The average molecular weight is 352 g/mol. The summed E-state index contributed by atoms with van der Waals surface area (Å²) in [4.78, 5) is 14.2. The lowest BCUT2D eigenvalue weighted by molar-refractivity contribution is 0.107. The summed E-state index contributed by atoms with van der Waals surface area (Å²) < 4.78 is 24.9.